The van der Waals surface area contributed by atoms with Gasteiger partial charge in [0.15, 0.2) is 0 Å². The van der Waals surface area contributed by atoms with Gasteiger partial charge in [0.2, 0.25) is 0 Å². The van der Waals surface area contributed by atoms with Crippen LogP contribution in [0.15, 0.2) is 37.5 Å². The van der Waals surface area contributed by atoms with E-state index >= 15 is 0 Å². The molecule has 2 fully saturated rings. The number of hydrogen-bond donors (Lipinski definition) is 0. The lowest BCUT2D eigenvalue weighted by Crippen LogP contribution is -2.35. The summed E-state index contributed by atoms with van der Waals surface area (Å²) >= 11 is 0. The number of rotatable bonds is 7. The molecule has 176 valence electrons. The van der Waals surface area contributed by atoms with Gasteiger partial charge in [0.25, 0.3) is 0 Å². The van der Waals surface area contributed by atoms with Crippen LogP contribution in [0.25, 0.3) is 0 Å². The summed E-state index contributed by atoms with van der Waals surface area (Å²) in [5.41, 5.74) is 0. The van der Waals surface area contributed by atoms with Crippen LogP contribution < -0.4 is 0 Å². The zero-order valence-corrected chi connectivity index (χ0v) is 18.7. The zero-order valence-electron chi connectivity index (χ0n) is 18.7. The maximum Gasteiger partial charge on any atom is 0.373 e. The Hall–Kier alpha value is -3.03. The van der Waals surface area contributed by atoms with Crippen molar-refractivity contribution in [3.05, 3.63) is 37.5 Å². The molecule has 1 heterocycles. The monoisotopic (exact) mass is 450 g/mol. The smallest absolute Gasteiger partial charge is 0.373 e. The van der Waals surface area contributed by atoms with E-state index in [1.54, 1.807) is 6.08 Å². The van der Waals surface area contributed by atoms with Crippen LogP contribution in [0, 0.1) is 35.5 Å². The van der Waals surface area contributed by atoms with E-state index in [0.29, 0.717) is 0 Å². The van der Waals surface area contributed by atoms with Gasteiger partial charge in [-0.1, -0.05) is 31.2 Å². The van der Waals surface area contributed by atoms with Crippen LogP contribution in [0.2, 0.25) is 0 Å². The Kier molecular flexibility index (Phi) is 10.7. The molecule has 1 saturated heterocycles. The fraction of sp³-hybridized carbons (Fsp3) is 0.565. The molecule has 1 aliphatic carbocycles. The van der Waals surface area contributed by atoms with E-state index in [-0.39, 0.29) is 35.8 Å². The lowest BCUT2D eigenvalue weighted by molar-refractivity contribution is -0.191. The molecule has 0 amide bonds. The average molecular weight is 450 g/mol. The quantitative estimate of drug-likeness (QED) is 0.324. The van der Waals surface area contributed by atoms with Gasteiger partial charge >= 0.3 is 24.1 Å². The number of ether oxygens (including phenoxy) is 4. The van der Waals surface area contributed by atoms with Crippen molar-refractivity contribution < 1.29 is 42.9 Å². The van der Waals surface area contributed by atoms with E-state index in [1.807, 2.05) is 19.1 Å². The summed E-state index contributed by atoms with van der Waals surface area (Å²) in [4.78, 5) is 53.3. The highest BCUT2D eigenvalue weighted by atomic mass is 16.6. The fourth-order valence-corrected chi connectivity index (χ4v) is 4.58. The van der Waals surface area contributed by atoms with E-state index in [0.717, 1.165) is 6.42 Å². The van der Waals surface area contributed by atoms with Crippen LogP contribution in [-0.2, 0) is 42.9 Å². The minimum atomic E-state index is -0.864. The van der Waals surface area contributed by atoms with Crippen LogP contribution in [0.5, 0.6) is 0 Å². The van der Waals surface area contributed by atoms with Crippen molar-refractivity contribution in [3.63, 3.8) is 0 Å². The second-order valence-corrected chi connectivity index (χ2v) is 7.57. The van der Waals surface area contributed by atoms with Crippen molar-refractivity contribution in [2.75, 3.05) is 21.3 Å². The van der Waals surface area contributed by atoms with Crippen LogP contribution in [0.4, 0.5) is 0 Å². The van der Waals surface area contributed by atoms with Crippen molar-refractivity contribution in [2.24, 2.45) is 35.5 Å². The van der Waals surface area contributed by atoms with Gasteiger partial charge in [-0.05, 0) is 24.2 Å². The van der Waals surface area contributed by atoms with Gasteiger partial charge in [0.1, 0.15) is 11.8 Å². The SMILES string of the molecule is C=CC1CC(/C=C\C2OC(C=C)C(C(=O)OC)C2C(=O)OC)C(C(=O)OC)C1C.O=C=O. The van der Waals surface area contributed by atoms with Crippen LogP contribution in [-0.4, -0.2) is 57.6 Å². The Labute approximate surface area is 187 Å². The third kappa shape index (κ3) is 5.81. The maximum absolute atomic E-state index is 12.4. The van der Waals surface area contributed by atoms with Gasteiger partial charge in [0.05, 0.1) is 39.5 Å². The summed E-state index contributed by atoms with van der Waals surface area (Å²) in [7, 11) is 3.90. The molecular weight excluding hydrogens is 420 g/mol. The number of hydrogen-bond acceptors (Lipinski definition) is 9. The maximum atomic E-state index is 12.4. The zero-order chi connectivity index (χ0) is 24.4. The molecule has 0 N–H and O–H groups in total. The first-order chi connectivity index (χ1) is 15.2. The molecule has 1 aliphatic heterocycles. The summed E-state index contributed by atoms with van der Waals surface area (Å²) < 4.78 is 20.6. The molecule has 0 radical (unpaired) electrons. The third-order valence-electron chi connectivity index (χ3n) is 6.16. The Morgan fingerprint density at radius 1 is 0.812 bits per heavy atom. The van der Waals surface area contributed by atoms with Gasteiger partial charge in [-0.2, -0.15) is 9.59 Å². The van der Waals surface area contributed by atoms with Gasteiger partial charge in [0, 0.05) is 0 Å². The molecule has 32 heavy (non-hydrogen) atoms. The Morgan fingerprint density at radius 3 is 1.72 bits per heavy atom. The largest absolute Gasteiger partial charge is 0.469 e. The molecule has 8 unspecified atom stereocenters. The fourth-order valence-electron chi connectivity index (χ4n) is 4.58. The number of carbonyl (C=O) groups excluding carboxylic acids is 5. The first-order valence-corrected chi connectivity index (χ1v) is 10.1. The van der Waals surface area contributed by atoms with Crippen molar-refractivity contribution in [2.45, 2.75) is 25.6 Å². The minimum Gasteiger partial charge on any atom is -0.469 e. The number of methoxy groups -OCH3 is 3. The molecule has 0 aromatic rings. The van der Waals surface area contributed by atoms with Gasteiger partial charge in [-0.3, -0.25) is 14.4 Å². The second kappa shape index (κ2) is 12.7. The van der Waals surface area contributed by atoms with E-state index < -0.39 is 36.0 Å². The van der Waals surface area contributed by atoms with Crippen LogP contribution in [0.3, 0.4) is 0 Å². The lowest BCUT2D eigenvalue weighted by atomic mass is 9.85. The first kappa shape index (κ1) is 27.0. The highest BCUT2D eigenvalue weighted by molar-refractivity contribution is 5.84. The third-order valence-corrected chi connectivity index (χ3v) is 6.16. The molecule has 2 aliphatic rings. The molecule has 0 bridgehead atoms. The molecule has 1 saturated carbocycles. The van der Waals surface area contributed by atoms with Crippen LogP contribution >= 0.6 is 0 Å². The molecule has 0 aromatic carbocycles. The summed E-state index contributed by atoms with van der Waals surface area (Å²) in [6.45, 7) is 9.57. The van der Waals surface area contributed by atoms with E-state index in [2.05, 4.69) is 13.2 Å². The van der Waals surface area contributed by atoms with Crippen LogP contribution in [0.1, 0.15) is 13.3 Å². The molecular formula is C23H30O9. The lowest BCUT2D eigenvalue weighted by Gasteiger charge is -2.20. The molecule has 9 heteroatoms. The number of allylic oxidation sites excluding steroid dienone is 2. The molecule has 2 rings (SSSR count). The van der Waals surface area contributed by atoms with Crippen molar-refractivity contribution in [1.29, 1.82) is 0 Å². The number of carbonyl (C=O) groups is 3. The molecule has 0 aromatic heterocycles. The van der Waals surface area contributed by atoms with E-state index in [1.165, 1.54) is 27.4 Å². The summed E-state index contributed by atoms with van der Waals surface area (Å²) in [5.74, 6) is -3.26. The topological polar surface area (TPSA) is 122 Å². The highest BCUT2D eigenvalue weighted by Crippen LogP contribution is 2.44. The first-order valence-electron chi connectivity index (χ1n) is 10.1. The Morgan fingerprint density at radius 2 is 1.28 bits per heavy atom. The normalized spacial score (nSPS) is 33.4. The van der Waals surface area contributed by atoms with Gasteiger partial charge in [-0.15, -0.1) is 13.2 Å². The van der Waals surface area contributed by atoms with Crippen molar-refractivity contribution in [3.8, 4) is 0 Å². The summed E-state index contributed by atoms with van der Waals surface area (Å²) in [6.07, 6.45) is 6.56. The molecule has 9 nitrogen and oxygen atoms in total. The van der Waals surface area contributed by atoms with Crippen molar-refractivity contribution >= 4 is 24.1 Å². The minimum absolute atomic E-state index is 0.0826. The summed E-state index contributed by atoms with van der Waals surface area (Å²) in [6, 6.07) is 0. The van der Waals surface area contributed by atoms with E-state index in [9.17, 15) is 14.4 Å². The van der Waals surface area contributed by atoms with Gasteiger partial charge < -0.3 is 18.9 Å². The average Bonchev–Trinajstić information content (AvgIpc) is 3.33. The van der Waals surface area contributed by atoms with Crippen molar-refractivity contribution in [1.82, 2.24) is 0 Å². The standard InChI is InChI=1S/C22H30O7.CO2/c1-7-13-11-14(17(12(13)3)20(23)26-4)9-10-16-19(22(25)28-6)18(21(24)27-5)15(8-2)29-16;2-1-3/h7-10,12-19H,1-2,11H2,3-6H3;/b10-9-;. The van der Waals surface area contributed by atoms with Gasteiger partial charge in [-0.25, -0.2) is 0 Å². The molecule has 8 atom stereocenters. The Bertz CT molecular complexity index is 765. The predicted molar refractivity (Wildman–Crippen MR) is 110 cm³/mol. The highest BCUT2D eigenvalue weighted by Gasteiger charge is 2.51. The number of esters is 3. The predicted octanol–water partition coefficient (Wildman–Crippen LogP) is 1.74. The summed E-state index contributed by atoms with van der Waals surface area (Å²) in [5, 5.41) is 0. The molecule has 0 spiro atoms. The second-order valence-electron chi connectivity index (χ2n) is 7.57. The van der Waals surface area contributed by atoms with E-state index in [4.69, 9.17) is 28.5 Å². The Balaban J connectivity index is 0.00000161.